The van der Waals surface area contributed by atoms with Gasteiger partial charge >= 0.3 is 0 Å². The van der Waals surface area contributed by atoms with Crippen LogP contribution < -0.4 is 5.32 Å². The highest BCUT2D eigenvalue weighted by Gasteiger charge is 2.03. The summed E-state index contributed by atoms with van der Waals surface area (Å²) in [5, 5.41) is 3.17. The zero-order valence-electron chi connectivity index (χ0n) is 9.80. The molecule has 88 valence electrons. The van der Waals surface area contributed by atoms with Crippen LogP contribution in [-0.4, -0.2) is 26.1 Å². The molecule has 17 heavy (non-hydrogen) atoms. The van der Waals surface area contributed by atoms with Crippen molar-refractivity contribution in [2.75, 3.05) is 11.9 Å². The Bertz CT molecular complexity index is 503. The van der Waals surface area contributed by atoms with E-state index in [1.54, 1.807) is 18.5 Å². The first-order valence-corrected chi connectivity index (χ1v) is 5.44. The van der Waals surface area contributed by atoms with E-state index in [0.717, 1.165) is 17.5 Å². The van der Waals surface area contributed by atoms with Gasteiger partial charge in [-0.25, -0.2) is 15.0 Å². The third-order valence-electron chi connectivity index (χ3n) is 2.29. The molecule has 0 atom stereocenters. The third-order valence-corrected chi connectivity index (χ3v) is 2.29. The molecule has 0 amide bonds. The first-order valence-electron chi connectivity index (χ1n) is 5.44. The standard InChI is InChI=1S/C12H15N5/c1-3-5-14-12-15-7-8-17(12)9-11-4-6-13-10(2)16-11/h3-4,6-8H,1,5,9H2,2H3,(H,14,15). The Morgan fingerprint density at radius 2 is 2.29 bits per heavy atom. The average molecular weight is 229 g/mol. The van der Waals surface area contributed by atoms with Gasteiger partial charge < -0.3 is 9.88 Å². The predicted octanol–water partition coefficient (Wildman–Crippen LogP) is 1.63. The van der Waals surface area contributed by atoms with Crippen LogP contribution >= 0.6 is 0 Å². The van der Waals surface area contributed by atoms with E-state index in [1.165, 1.54) is 0 Å². The summed E-state index contributed by atoms with van der Waals surface area (Å²) in [7, 11) is 0. The van der Waals surface area contributed by atoms with Gasteiger partial charge in [-0.3, -0.25) is 0 Å². The first kappa shape index (κ1) is 11.3. The molecule has 0 fully saturated rings. The van der Waals surface area contributed by atoms with Crippen LogP contribution in [0, 0.1) is 6.92 Å². The molecule has 0 aliphatic carbocycles. The van der Waals surface area contributed by atoms with E-state index in [2.05, 4.69) is 26.8 Å². The molecule has 0 unspecified atom stereocenters. The van der Waals surface area contributed by atoms with E-state index >= 15 is 0 Å². The Morgan fingerprint density at radius 1 is 1.41 bits per heavy atom. The monoisotopic (exact) mass is 229 g/mol. The molecular formula is C12H15N5. The van der Waals surface area contributed by atoms with Crippen LogP contribution in [0.25, 0.3) is 0 Å². The highest BCUT2D eigenvalue weighted by Crippen LogP contribution is 2.07. The highest BCUT2D eigenvalue weighted by molar-refractivity contribution is 5.27. The normalized spacial score (nSPS) is 10.2. The highest BCUT2D eigenvalue weighted by atomic mass is 15.2. The van der Waals surface area contributed by atoms with Crippen LogP contribution in [0.1, 0.15) is 11.5 Å². The van der Waals surface area contributed by atoms with Gasteiger partial charge in [0.25, 0.3) is 0 Å². The van der Waals surface area contributed by atoms with Crippen molar-refractivity contribution >= 4 is 5.95 Å². The molecule has 0 aliphatic heterocycles. The van der Waals surface area contributed by atoms with Gasteiger partial charge in [-0.2, -0.15) is 0 Å². The second kappa shape index (κ2) is 5.25. The quantitative estimate of drug-likeness (QED) is 0.792. The molecule has 0 bridgehead atoms. The Morgan fingerprint density at radius 3 is 3.06 bits per heavy atom. The molecule has 2 aromatic heterocycles. The SMILES string of the molecule is C=CCNc1nccn1Cc1ccnc(C)n1. The minimum atomic E-state index is 0.683. The van der Waals surface area contributed by atoms with Crippen molar-refractivity contribution in [1.29, 1.82) is 0 Å². The predicted molar refractivity (Wildman–Crippen MR) is 66.8 cm³/mol. The lowest BCUT2D eigenvalue weighted by atomic mass is 10.4. The number of hydrogen-bond donors (Lipinski definition) is 1. The minimum Gasteiger partial charge on any atom is -0.352 e. The molecule has 5 nitrogen and oxygen atoms in total. The van der Waals surface area contributed by atoms with Crippen LogP contribution in [0.15, 0.2) is 37.3 Å². The van der Waals surface area contributed by atoms with Crippen molar-refractivity contribution in [2.45, 2.75) is 13.5 Å². The van der Waals surface area contributed by atoms with Crippen molar-refractivity contribution in [3.05, 3.63) is 48.8 Å². The van der Waals surface area contributed by atoms with Crippen molar-refractivity contribution in [3.63, 3.8) is 0 Å². The lowest BCUT2D eigenvalue weighted by molar-refractivity contribution is 0.767. The second-order valence-electron chi connectivity index (χ2n) is 3.64. The zero-order valence-corrected chi connectivity index (χ0v) is 9.80. The van der Waals surface area contributed by atoms with Gasteiger partial charge in [0.1, 0.15) is 5.82 Å². The molecular weight excluding hydrogens is 214 g/mol. The molecule has 0 radical (unpaired) electrons. The van der Waals surface area contributed by atoms with E-state index < -0.39 is 0 Å². The maximum absolute atomic E-state index is 4.36. The lowest BCUT2D eigenvalue weighted by Gasteiger charge is -2.08. The molecule has 2 aromatic rings. The molecule has 2 rings (SSSR count). The second-order valence-corrected chi connectivity index (χ2v) is 3.64. The number of hydrogen-bond acceptors (Lipinski definition) is 4. The number of aromatic nitrogens is 4. The number of aryl methyl sites for hydroxylation is 1. The molecule has 0 saturated heterocycles. The fraction of sp³-hybridized carbons (Fsp3) is 0.250. The van der Waals surface area contributed by atoms with Crippen LogP contribution in [0.2, 0.25) is 0 Å². The van der Waals surface area contributed by atoms with Gasteiger partial charge in [-0.1, -0.05) is 6.08 Å². The maximum atomic E-state index is 4.36. The summed E-state index contributed by atoms with van der Waals surface area (Å²) in [6.45, 7) is 6.93. The summed E-state index contributed by atoms with van der Waals surface area (Å²) in [4.78, 5) is 12.7. The first-order chi connectivity index (χ1) is 8.29. The molecule has 5 heteroatoms. The van der Waals surface area contributed by atoms with E-state index in [0.29, 0.717) is 13.1 Å². The molecule has 0 spiro atoms. The van der Waals surface area contributed by atoms with Crippen LogP contribution in [-0.2, 0) is 6.54 Å². The Labute approximate surface area is 100 Å². The summed E-state index contributed by atoms with van der Waals surface area (Å²) in [6, 6.07) is 1.91. The lowest BCUT2D eigenvalue weighted by Crippen LogP contribution is -2.09. The van der Waals surface area contributed by atoms with E-state index in [9.17, 15) is 0 Å². The summed E-state index contributed by atoms with van der Waals surface area (Å²) >= 11 is 0. The van der Waals surface area contributed by atoms with Crippen molar-refractivity contribution in [3.8, 4) is 0 Å². The Hall–Kier alpha value is -2.17. The van der Waals surface area contributed by atoms with Crippen molar-refractivity contribution in [1.82, 2.24) is 19.5 Å². The molecule has 1 N–H and O–H groups in total. The number of nitrogens with zero attached hydrogens (tertiary/aromatic N) is 4. The Kier molecular flexibility index (Phi) is 3.49. The number of rotatable bonds is 5. The zero-order chi connectivity index (χ0) is 12.1. The summed E-state index contributed by atoms with van der Waals surface area (Å²) < 4.78 is 2.01. The number of imidazole rings is 1. The van der Waals surface area contributed by atoms with Crippen molar-refractivity contribution < 1.29 is 0 Å². The van der Waals surface area contributed by atoms with Crippen molar-refractivity contribution in [2.24, 2.45) is 0 Å². The Balaban J connectivity index is 2.13. The largest absolute Gasteiger partial charge is 0.352 e. The molecule has 2 heterocycles. The summed E-state index contributed by atoms with van der Waals surface area (Å²) in [5.41, 5.74) is 0.970. The smallest absolute Gasteiger partial charge is 0.203 e. The topological polar surface area (TPSA) is 55.6 Å². The van der Waals surface area contributed by atoms with E-state index in [1.807, 2.05) is 23.8 Å². The van der Waals surface area contributed by atoms with Crippen LogP contribution in [0.5, 0.6) is 0 Å². The van der Waals surface area contributed by atoms with Crippen LogP contribution in [0.3, 0.4) is 0 Å². The number of nitrogens with one attached hydrogen (secondary N) is 1. The average Bonchev–Trinajstić information content (AvgIpc) is 2.74. The molecule has 0 aliphatic rings. The van der Waals surface area contributed by atoms with Gasteiger partial charge in [0.2, 0.25) is 5.95 Å². The van der Waals surface area contributed by atoms with Gasteiger partial charge in [0.05, 0.1) is 12.2 Å². The fourth-order valence-corrected chi connectivity index (χ4v) is 1.54. The number of anilines is 1. The third kappa shape index (κ3) is 2.90. The van der Waals surface area contributed by atoms with E-state index in [-0.39, 0.29) is 0 Å². The molecule has 0 aromatic carbocycles. The van der Waals surface area contributed by atoms with Gasteiger partial charge in [0, 0.05) is 25.1 Å². The van der Waals surface area contributed by atoms with Gasteiger partial charge in [-0.15, -0.1) is 6.58 Å². The van der Waals surface area contributed by atoms with E-state index in [4.69, 9.17) is 0 Å². The summed E-state index contributed by atoms with van der Waals surface area (Å²) in [5.74, 6) is 1.60. The minimum absolute atomic E-state index is 0.683. The van der Waals surface area contributed by atoms with Crippen LogP contribution in [0.4, 0.5) is 5.95 Å². The fourth-order valence-electron chi connectivity index (χ4n) is 1.54. The maximum Gasteiger partial charge on any atom is 0.203 e. The summed E-state index contributed by atoms with van der Waals surface area (Å²) in [6.07, 6.45) is 7.25. The van der Waals surface area contributed by atoms with Gasteiger partial charge in [-0.05, 0) is 13.0 Å². The molecule has 0 saturated carbocycles. The van der Waals surface area contributed by atoms with Gasteiger partial charge in [0.15, 0.2) is 0 Å².